The van der Waals surface area contributed by atoms with Crippen molar-refractivity contribution in [3.63, 3.8) is 0 Å². The smallest absolute Gasteiger partial charge is 0.238 e. The number of nitrogens with zero attached hydrogens (tertiary/aromatic N) is 2. The maximum atomic E-state index is 11.2. The quantitative estimate of drug-likeness (QED) is 0.337. The first-order valence-electron chi connectivity index (χ1n) is 6.77. The molecule has 0 saturated heterocycles. The van der Waals surface area contributed by atoms with Crippen LogP contribution in [0.3, 0.4) is 0 Å². The maximum Gasteiger partial charge on any atom is 0.238 e. The van der Waals surface area contributed by atoms with Crippen LogP contribution >= 0.6 is 0 Å². The average molecular weight is 325 g/mol. The van der Waals surface area contributed by atoms with Crippen molar-refractivity contribution in [3.05, 3.63) is 53.5 Å². The van der Waals surface area contributed by atoms with Gasteiger partial charge < -0.3 is 5.32 Å². The third kappa shape index (κ3) is 5.87. The molecule has 0 fully saturated rings. The Labute approximate surface area is 140 Å². The number of amides is 2. The normalized spacial score (nSPS) is 9.08. The molecular formula is C17H19N5O2. The minimum absolute atomic E-state index is 0. The Hall–Kier alpha value is -3.24. The van der Waals surface area contributed by atoms with Gasteiger partial charge in [0.15, 0.2) is 5.82 Å². The molecule has 0 aliphatic carbocycles. The van der Waals surface area contributed by atoms with Gasteiger partial charge in [-0.1, -0.05) is 25.5 Å². The van der Waals surface area contributed by atoms with Crippen molar-refractivity contribution < 1.29 is 9.59 Å². The van der Waals surface area contributed by atoms with Gasteiger partial charge in [0, 0.05) is 12.5 Å². The van der Waals surface area contributed by atoms with Crippen LogP contribution in [-0.2, 0) is 16.0 Å². The molecule has 0 aliphatic heterocycles. The molecule has 7 heteroatoms. The lowest BCUT2D eigenvalue weighted by Gasteiger charge is -2.00. The molecule has 0 radical (unpaired) electrons. The molecule has 1 aromatic carbocycles. The van der Waals surface area contributed by atoms with Crippen LogP contribution in [-0.4, -0.2) is 21.8 Å². The van der Waals surface area contributed by atoms with Crippen LogP contribution < -0.4 is 16.6 Å². The van der Waals surface area contributed by atoms with Gasteiger partial charge in [-0.3, -0.25) is 15.0 Å². The predicted molar refractivity (Wildman–Crippen MR) is 91.5 cm³/mol. The van der Waals surface area contributed by atoms with E-state index in [1.165, 1.54) is 19.3 Å². The number of benzene rings is 1. The molecule has 2 aromatic rings. The molecule has 0 saturated carbocycles. The Morgan fingerprint density at radius 2 is 1.83 bits per heavy atom. The molecule has 2 rings (SSSR count). The molecule has 0 spiro atoms. The van der Waals surface area contributed by atoms with E-state index in [0.29, 0.717) is 11.5 Å². The first-order valence-corrected chi connectivity index (χ1v) is 6.77. The highest BCUT2D eigenvalue weighted by atomic mass is 16.2. The monoisotopic (exact) mass is 325 g/mol. The summed E-state index contributed by atoms with van der Waals surface area (Å²) in [5.41, 5.74) is 4.21. The summed E-state index contributed by atoms with van der Waals surface area (Å²) < 4.78 is 0. The van der Waals surface area contributed by atoms with Gasteiger partial charge in [0.25, 0.3) is 0 Å². The molecule has 0 bridgehead atoms. The second-order valence-electron chi connectivity index (χ2n) is 4.66. The molecule has 0 aliphatic rings. The van der Waals surface area contributed by atoms with Gasteiger partial charge in [0.05, 0.1) is 18.8 Å². The Bertz CT molecular complexity index is 758. The summed E-state index contributed by atoms with van der Waals surface area (Å²) in [6.45, 7) is 1.40. The van der Waals surface area contributed by atoms with Crippen molar-refractivity contribution in [2.24, 2.45) is 5.84 Å². The number of carbonyl (C=O) groups excluding carboxylic acids is 2. The summed E-state index contributed by atoms with van der Waals surface area (Å²) >= 11 is 0. The van der Waals surface area contributed by atoms with E-state index in [1.807, 2.05) is 24.3 Å². The van der Waals surface area contributed by atoms with Crippen molar-refractivity contribution in [3.8, 4) is 11.8 Å². The number of aromatic nitrogens is 2. The summed E-state index contributed by atoms with van der Waals surface area (Å²) in [6.07, 6.45) is 3.15. The fraction of sp³-hybridized carbons (Fsp3) is 0.176. The summed E-state index contributed by atoms with van der Waals surface area (Å²) in [6, 6.07) is 7.24. The molecule has 24 heavy (non-hydrogen) atoms. The van der Waals surface area contributed by atoms with Crippen molar-refractivity contribution >= 4 is 17.6 Å². The lowest BCUT2D eigenvalue weighted by atomic mass is 10.1. The lowest BCUT2D eigenvalue weighted by Crippen LogP contribution is -2.31. The first kappa shape index (κ1) is 18.8. The van der Waals surface area contributed by atoms with Crippen molar-refractivity contribution in [2.45, 2.75) is 20.8 Å². The number of anilines is 1. The Balaban J connectivity index is 0.00000288. The zero-order chi connectivity index (χ0) is 16.7. The highest BCUT2D eigenvalue weighted by Gasteiger charge is 2.00. The van der Waals surface area contributed by atoms with E-state index in [-0.39, 0.29) is 25.7 Å². The van der Waals surface area contributed by atoms with Crippen LogP contribution in [0.5, 0.6) is 0 Å². The number of hydrogen-bond donors (Lipinski definition) is 3. The van der Waals surface area contributed by atoms with Gasteiger partial charge >= 0.3 is 0 Å². The van der Waals surface area contributed by atoms with Crippen molar-refractivity contribution in [1.29, 1.82) is 0 Å². The van der Waals surface area contributed by atoms with Gasteiger partial charge in [-0.05, 0) is 23.6 Å². The van der Waals surface area contributed by atoms with Crippen LogP contribution in [0.2, 0.25) is 0 Å². The van der Waals surface area contributed by atoms with E-state index in [1.54, 1.807) is 0 Å². The van der Waals surface area contributed by atoms with E-state index >= 15 is 0 Å². The van der Waals surface area contributed by atoms with Crippen LogP contribution in [0.15, 0.2) is 36.7 Å². The van der Waals surface area contributed by atoms with E-state index < -0.39 is 0 Å². The Morgan fingerprint density at radius 1 is 1.12 bits per heavy atom. The van der Waals surface area contributed by atoms with Gasteiger partial charge in [0.2, 0.25) is 11.8 Å². The first-order chi connectivity index (χ1) is 11.1. The molecule has 2 amide bonds. The van der Waals surface area contributed by atoms with Crippen LogP contribution in [0, 0.1) is 11.8 Å². The molecule has 1 heterocycles. The Kier molecular flexibility index (Phi) is 7.07. The molecule has 7 nitrogen and oxygen atoms in total. The zero-order valence-corrected chi connectivity index (χ0v) is 12.5. The number of rotatable bonds is 3. The minimum atomic E-state index is -0.252. The summed E-state index contributed by atoms with van der Waals surface area (Å²) in [7, 11) is 0. The molecule has 0 unspecified atom stereocenters. The standard InChI is InChI=1S/C16H15N5O2.CH4/c1-11(22)20-15-10-18-14(9-19-15)7-6-12-2-4-13(5-3-12)8-16(23)21-17;/h2-5,9-10H,8,17H2,1H3,(H,21,23)(H,19,20,22);1H4. The Morgan fingerprint density at radius 3 is 2.38 bits per heavy atom. The fourth-order valence-corrected chi connectivity index (χ4v) is 1.72. The van der Waals surface area contributed by atoms with Crippen LogP contribution in [0.1, 0.15) is 31.2 Å². The molecular weight excluding hydrogens is 306 g/mol. The molecule has 1 aromatic heterocycles. The van der Waals surface area contributed by atoms with Crippen LogP contribution in [0.25, 0.3) is 0 Å². The number of carbonyl (C=O) groups is 2. The highest BCUT2D eigenvalue weighted by Crippen LogP contribution is 2.05. The van der Waals surface area contributed by atoms with E-state index in [4.69, 9.17) is 5.84 Å². The predicted octanol–water partition coefficient (Wildman–Crippen LogP) is 1.00. The zero-order valence-electron chi connectivity index (χ0n) is 12.5. The van der Waals surface area contributed by atoms with Gasteiger partial charge in [-0.25, -0.2) is 15.8 Å². The van der Waals surface area contributed by atoms with Crippen molar-refractivity contribution in [2.75, 3.05) is 5.32 Å². The second-order valence-corrected chi connectivity index (χ2v) is 4.66. The summed E-state index contributed by atoms with van der Waals surface area (Å²) in [4.78, 5) is 30.2. The lowest BCUT2D eigenvalue weighted by molar-refractivity contribution is -0.120. The van der Waals surface area contributed by atoms with E-state index in [9.17, 15) is 9.59 Å². The molecule has 4 N–H and O–H groups in total. The number of nitrogens with two attached hydrogens (primary N) is 1. The third-order valence-electron chi connectivity index (χ3n) is 2.77. The summed E-state index contributed by atoms with van der Waals surface area (Å²) in [5.74, 6) is 10.8. The topological polar surface area (TPSA) is 110 Å². The van der Waals surface area contributed by atoms with Crippen molar-refractivity contribution in [1.82, 2.24) is 15.4 Å². The molecule has 0 atom stereocenters. The fourth-order valence-electron chi connectivity index (χ4n) is 1.72. The second kappa shape index (κ2) is 9.02. The molecule has 124 valence electrons. The SMILES string of the molecule is C.CC(=O)Nc1cnc(C#Cc2ccc(CC(=O)NN)cc2)cn1. The minimum Gasteiger partial charge on any atom is -0.310 e. The number of nitrogens with one attached hydrogen (secondary N) is 2. The van der Waals surface area contributed by atoms with Gasteiger partial charge in [0.1, 0.15) is 5.69 Å². The van der Waals surface area contributed by atoms with Gasteiger partial charge in [-0.15, -0.1) is 0 Å². The van der Waals surface area contributed by atoms with E-state index in [0.717, 1.165) is 11.1 Å². The van der Waals surface area contributed by atoms with E-state index in [2.05, 4.69) is 32.6 Å². The number of hydrazine groups is 1. The summed E-state index contributed by atoms with van der Waals surface area (Å²) in [5, 5.41) is 2.53. The maximum absolute atomic E-state index is 11.2. The largest absolute Gasteiger partial charge is 0.310 e. The van der Waals surface area contributed by atoms with Crippen LogP contribution in [0.4, 0.5) is 5.82 Å². The average Bonchev–Trinajstić information content (AvgIpc) is 2.55. The third-order valence-corrected chi connectivity index (χ3v) is 2.77. The highest BCUT2D eigenvalue weighted by molar-refractivity contribution is 5.87. The number of hydrogen-bond acceptors (Lipinski definition) is 5. The van der Waals surface area contributed by atoms with Gasteiger partial charge in [-0.2, -0.15) is 0 Å².